The van der Waals surface area contributed by atoms with E-state index in [1.54, 1.807) is 25.3 Å². The summed E-state index contributed by atoms with van der Waals surface area (Å²) < 4.78 is 10.8. The molecule has 2 rings (SSSR count). The molecule has 1 N–H and O–H groups in total. The monoisotopic (exact) mass is 403 g/mol. The number of ether oxygens (including phenoxy) is 2. The summed E-state index contributed by atoms with van der Waals surface area (Å²) in [6.07, 6.45) is 2.86. The van der Waals surface area contributed by atoms with Crippen molar-refractivity contribution in [2.45, 2.75) is 6.92 Å². The molecule has 6 heteroatoms. The molecular weight excluding hydrogens is 386 g/mol. The number of anilines is 1. The first-order valence-corrected chi connectivity index (χ1v) is 8.32. The summed E-state index contributed by atoms with van der Waals surface area (Å²) >= 11 is 3.37. The highest BCUT2D eigenvalue weighted by molar-refractivity contribution is 9.10. The number of carbonyl (C=O) groups excluding carboxylic acids is 2. The van der Waals surface area contributed by atoms with Gasteiger partial charge in [0.05, 0.1) is 12.8 Å². The molecule has 0 atom stereocenters. The normalized spacial score (nSPS) is 10.5. The van der Waals surface area contributed by atoms with Crippen molar-refractivity contribution in [3.63, 3.8) is 0 Å². The second-order valence-corrected chi connectivity index (χ2v) is 6.10. The van der Waals surface area contributed by atoms with Crippen LogP contribution in [0.4, 0.5) is 5.69 Å². The van der Waals surface area contributed by atoms with E-state index < -0.39 is 11.9 Å². The number of halogens is 1. The SMILES string of the molecule is COc1cccc(/C=C/C(=O)OCC(=O)Nc2ccc(C)cc2Br)c1. The van der Waals surface area contributed by atoms with Crippen molar-refractivity contribution >= 4 is 39.6 Å². The summed E-state index contributed by atoms with van der Waals surface area (Å²) in [5, 5.41) is 2.68. The molecule has 0 bridgehead atoms. The van der Waals surface area contributed by atoms with Gasteiger partial charge in [-0.15, -0.1) is 0 Å². The van der Waals surface area contributed by atoms with Gasteiger partial charge in [-0.1, -0.05) is 18.2 Å². The van der Waals surface area contributed by atoms with Crippen molar-refractivity contribution in [1.82, 2.24) is 0 Å². The predicted molar refractivity (Wildman–Crippen MR) is 100 cm³/mol. The van der Waals surface area contributed by atoms with E-state index in [4.69, 9.17) is 9.47 Å². The molecule has 130 valence electrons. The van der Waals surface area contributed by atoms with Gasteiger partial charge in [-0.3, -0.25) is 4.79 Å². The van der Waals surface area contributed by atoms with E-state index in [9.17, 15) is 9.59 Å². The zero-order chi connectivity index (χ0) is 18.2. The molecule has 0 fully saturated rings. The van der Waals surface area contributed by atoms with Crippen LogP contribution >= 0.6 is 15.9 Å². The third kappa shape index (κ3) is 6.08. The first kappa shape index (κ1) is 18.7. The van der Waals surface area contributed by atoms with Gasteiger partial charge in [0, 0.05) is 10.5 Å². The Hall–Kier alpha value is -2.60. The van der Waals surface area contributed by atoms with Gasteiger partial charge in [-0.05, 0) is 64.3 Å². The van der Waals surface area contributed by atoms with Gasteiger partial charge in [-0.2, -0.15) is 0 Å². The first-order chi connectivity index (χ1) is 12.0. The number of hydrogen-bond donors (Lipinski definition) is 1. The number of rotatable bonds is 6. The summed E-state index contributed by atoms with van der Waals surface area (Å²) in [6.45, 7) is 1.59. The molecule has 25 heavy (non-hydrogen) atoms. The standard InChI is InChI=1S/C19H18BrNO4/c1-13-6-8-17(16(20)10-13)21-18(22)12-25-19(23)9-7-14-4-3-5-15(11-14)24-2/h3-11H,12H2,1-2H3,(H,21,22)/b9-7+. The second-order valence-electron chi connectivity index (χ2n) is 5.25. The lowest BCUT2D eigenvalue weighted by molar-refractivity contribution is -0.142. The lowest BCUT2D eigenvalue weighted by Crippen LogP contribution is -2.20. The minimum absolute atomic E-state index is 0.360. The highest BCUT2D eigenvalue weighted by Crippen LogP contribution is 2.23. The van der Waals surface area contributed by atoms with Crippen molar-refractivity contribution in [1.29, 1.82) is 0 Å². The number of amides is 1. The number of carbonyl (C=O) groups is 2. The minimum atomic E-state index is -0.596. The van der Waals surface area contributed by atoms with Gasteiger partial charge in [-0.25, -0.2) is 4.79 Å². The number of hydrogen-bond acceptors (Lipinski definition) is 4. The number of nitrogens with one attached hydrogen (secondary N) is 1. The maximum Gasteiger partial charge on any atom is 0.331 e. The van der Waals surface area contributed by atoms with Crippen LogP contribution in [0.1, 0.15) is 11.1 Å². The van der Waals surface area contributed by atoms with Crippen molar-refractivity contribution in [3.8, 4) is 5.75 Å². The summed E-state index contributed by atoms with van der Waals surface area (Å²) in [7, 11) is 1.57. The molecular formula is C19H18BrNO4. The van der Waals surface area contributed by atoms with Crippen molar-refractivity contribution < 1.29 is 19.1 Å². The smallest absolute Gasteiger partial charge is 0.331 e. The van der Waals surface area contributed by atoms with Gasteiger partial charge in [0.15, 0.2) is 6.61 Å². The van der Waals surface area contributed by atoms with Crippen molar-refractivity contribution in [2.24, 2.45) is 0 Å². The average Bonchev–Trinajstić information content (AvgIpc) is 2.60. The van der Waals surface area contributed by atoms with Gasteiger partial charge in [0.1, 0.15) is 5.75 Å². The van der Waals surface area contributed by atoms with Crippen LogP contribution < -0.4 is 10.1 Å². The molecule has 0 spiro atoms. The summed E-state index contributed by atoms with van der Waals surface area (Å²) in [6, 6.07) is 12.8. The van der Waals surface area contributed by atoms with Crippen LogP contribution in [0, 0.1) is 6.92 Å². The van der Waals surface area contributed by atoms with Crippen LogP contribution in [-0.4, -0.2) is 25.6 Å². The zero-order valence-electron chi connectivity index (χ0n) is 13.9. The second kappa shape index (κ2) is 9.03. The Labute approximate surface area is 154 Å². The first-order valence-electron chi connectivity index (χ1n) is 7.53. The van der Waals surface area contributed by atoms with E-state index >= 15 is 0 Å². The van der Waals surface area contributed by atoms with Gasteiger partial charge in [0.2, 0.25) is 0 Å². The number of methoxy groups -OCH3 is 1. The fourth-order valence-electron chi connectivity index (χ4n) is 2.00. The van der Waals surface area contributed by atoms with E-state index in [1.807, 2.05) is 37.3 Å². The largest absolute Gasteiger partial charge is 0.497 e. The maximum absolute atomic E-state index is 11.9. The van der Waals surface area contributed by atoms with E-state index in [-0.39, 0.29) is 6.61 Å². The zero-order valence-corrected chi connectivity index (χ0v) is 15.5. The molecule has 0 aromatic heterocycles. The van der Waals surface area contributed by atoms with Crippen LogP contribution in [0.5, 0.6) is 5.75 Å². The minimum Gasteiger partial charge on any atom is -0.497 e. The lowest BCUT2D eigenvalue weighted by atomic mass is 10.2. The molecule has 1 amide bonds. The van der Waals surface area contributed by atoms with Crippen LogP contribution in [0.3, 0.4) is 0 Å². The molecule has 0 aliphatic carbocycles. The van der Waals surface area contributed by atoms with Crippen LogP contribution in [0.2, 0.25) is 0 Å². The van der Waals surface area contributed by atoms with E-state index in [0.29, 0.717) is 11.4 Å². The van der Waals surface area contributed by atoms with E-state index in [1.165, 1.54) is 6.08 Å². The molecule has 2 aromatic carbocycles. The third-order valence-electron chi connectivity index (χ3n) is 3.25. The molecule has 0 saturated heterocycles. The molecule has 0 aliphatic rings. The Bertz CT molecular complexity index is 802. The summed E-state index contributed by atoms with van der Waals surface area (Å²) in [5.74, 6) is -0.313. The molecule has 0 unspecified atom stereocenters. The van der Waals surface area contributed by atoms with Crippen LogP contribution in [0.15, 0.2) is 53.0 Å². The Balaban J connectivity index is 1.84. The van der Waals surface area contributed by atoms with Crippen molar-refractivity contribution in [3.05, 3.63) is 64.1 Å². The Morgan fingerprint density at radius 2 is 2.00 bits per heavy atom. The number of aryl methyl sites for hydroxylation is 1. The highest BCUT2D eigenvalue weighted by Gasteiger charge is 2.08. The Morgan fingerprint density at radius 1 is 1.20 bits per heavy atom. The predicted octanol–water partition coefficient (Wildman–Crippen LogP) is 3.96. The third-order valence-corrected chi connectivity index (χ3v) is 3.91. The maximum atomic E-state index is 11.9. The number of esters is 1. The average molecular weight is 404 g/mol. The Kier molecular flexibility index (Phi) is 6.77. The topological polar surface area (TPSA) is 64.6 Å². The Morgan fingerprint density at radius 3 is 2.72 bits per heavy atom. The lowest BCUT2D eigenvalue weighted by Gasteiger charge is -2.08. The highest BCUT2D eigenvalue weighted by atomic mass is 79.9. The molecule has 0 radical (unpaired) electrons. The molecule has 5 nitrogen and oxygen atoms in total. The number of benzene rings is 2. The van der Waals surface area contributed by atoms with E-state index in [0.717, 1.165) is 15.6 Å². The van der Waals surface area contributed by atoms with Crippen LogP contribution in [-0.2, 0) is 14.3 Å². The molecule has 0 aliphatic heterocycles. The molecule has 2 aromatic rings. The summed E-state index contributed by atoms with van der Waals surface area (Å²) in [4.78, 5) is 23.6. The fourth-order valence-corrected chi connectivity index (χ4v) is 2.59. The molecule has 0 heterocycles. The van der Waals surface area contributed by atoms with Crippen LogP contribution in [0.25, 0.3) is 6.08 Å². The van der Waals surface area contributed by atoms with E-state index in [2.05, 4.69) is 21.2 Å². The van der Waals surface area contributed by atoms with Gasteiger partial charge >= 0.3 is 5.97 Å². The van der Waals surface area contributed by atoms with Gasteiger partial charge < -0.3 is 14.8 Å². The quantitative estimate of drug-likeness (QED) is 0.585. The van der Waals surface area contributed by atoms with Crippen molar-refractivity contribution in [2.75, 3.05) is 19.0 Å². The molecule has 0 saturated carbocycles. The summed E-state index contributed by atoms with van der Waals surface area (Å²) in [5.41, 5.74) is 2.49. The van der Waals surface area contributed by atoms with Gasteiger partial charge in [0.25, 0.3) is 5.91 Å². The fraction of sp³-hybridized carbons (Fsp3) is 0.158.